The third kappa shape index (κ3) is 9.58. The Bertz CT molecular complexity index is 2830. The number of thiophene rings is 1. The van der Waals surface area contributed by atoms with E-state index in [9.17, 15) is 18.0 Å². The maximum Gasteiger partial charge on any atom is 0.254 e. The summed E-state index contributed by atoms with van der Waals surface area (Å²) in [5.74, 6) is -0.0112. The summed E-state index contributed by atoms with van der Waals surface area (Å²) in [5, 5.41) is 2.35. The van der Waals surface area contributed by atoms with Gasteiger partial charge in [-0.2, -0.15) is 0 Å². The van der Waals surface area contributed by atoms with Crippen molar-refractivity contribution in [1.29, 1.82) is 0 Å². The average molecular weight is 831 g/mol. The van der Waals surface area contributed by atoms with Crippen LogP contribution in [0, 0.1) is 0 Å². The van der Waals surface area contributed by atoms with E-state index in [0.717, 1.165) is 21.2 Å². The standard InChI is InChI=1S/C50H42N2O6S2/c53-46(34-51(50(54)40-21-11-4-12-22-40)29-30-57-42-26-27-44-43-23-13-14-24-48(43)59-49(44)32-42)41-25-28-47(58-35-38-17-7-2-8-18-38)45(31-41)52(33-37-15-5-1-6-16-37)60(55,56)36-39-19-9-3-10-20-39/h1-28,31-32H,29-30,33-36H2. The van der Waals surface area contributed by atoms with Gasteiger partial charge in [0.05, 0.1) is 31.1 Å². The van der Waals surface area contributed by atoms with Gasteiger partial charge in [0.1, 0.15) is 24.7 Å². The molecule has 1 heterocycles. The van der Waals surface area contributed by atoms with Crippen LogP contribution in [-0.2, 0) is 28.9 Å². The second-order valence-electron chi connectivity index (χ2n) is 14.3. The fraction of sp³-hybridized carbons (Fsp3) is 0.120. The number of amides is 1. The molecule has 1 aromatic heterocycles. The zero-order valence-corrected chi connectivity index (χ0v) is 34.4. The predicted molar refractivity (Wildman–Crippen MR) is 240 cm³/mol. The number of hydrogen-bond donors (Lipinski definition) is 0. The first kappa shape index (κ1) is 40.0. The highest BCUT2D eigenvalue weighted by molar-refractivity contribution is 7.92. The molecule has 8 aromatic rings. The minimum absolute atomic E-state index is 0.00140. The molecule has 0 radical (unpaired) electrons. The molecule has 1 amide bonds. The summed E-state index contributed by atoms with van der Waals surface area (Å²) >= 11 is 1.69. The number of ketones is 1. The smallest absolute Gasteiger partial charge is 0.254 e. The molecule has 0 saturated heterocycles. The van der Waals surface area contributed by atoms with Crippen molar-refractivity contribution in [3.8, 4) is 11.5 Å². The van der Waals surface area contributed by atoms with E-state index in [4.69, 9.17) is 9.47 Å². The molecule has 0 saturated carbocycles. The van der Waals surface area contributed by atoms with Crippen molar-refractivity contribution in [2.45, 2.75) is 18.9 Å². The summed E-state index contributed by atoms with van der Waals surface area (Å²) in [5.41, 5.74) is 3.15. The maximum absolute atomic E-state index is 14.5. The van der Waals surface area contributed by atoms with E-state index in [-0.39, 0.29) is 61.5 Å². The maximum atomic E-state index is 14.5. The van der Waals surface area contributed by atoms with Gasteiger partial charge in [-0.1, -0.05) is 127 Å². The minimum Gasteiger partial charge on any atom is -0.492 e. The Morgan fingerprint density at radius 3 is 1.90 bits per heavy atom. The molecular weight excluding hydrogens is 789 g/mol. The normalized spacial score (nSPS) is 11.3. The molecule has 10 heteroatoms. The van der Waals surface area contributed by atoms with Crippen molar-refractivity contribution < 1.29 is 27.5 Å². The van der Waals surface area contributed by atoms with Crippen molar-refractivity contribution >= 4 is 58.9 Å². The van der Waals surface area contributed by atoms with Crippen molar-refractivity contribution in [2.75, 3.05) is 24.0 Å². The van der Waals surface area contributed by atoms with E-state index in [2.05, 4.69) is 12.1 Å². The molecule has 8 nitrogen and oxygen atoms in total. The zero-order valence-electron chi connectivity index (χ0n) is 32.7. The first-order valence-electron chi connectivity index (χ1n) is 19.6. The molecule has 7 aromatic carbocycles. The fourth-order valence-electron chi connectivity index (χ4n) is 7.04. The molecule has 60 heavy (non-hydrogen) atoms. The van der Waals surface area contributed by atoms with Crippen LogP contribution < -0.4 is 13.8 Å². The highest BCUT2D eigenvalue weighted by Crippen LogP contribution is 2.37. The summed E-state index contributed by atoms with van der Waals surface area (Å²) < 4.78 is 45.2. The van der Waals surface area contributed by atoms with Crippen LogP contribution in [0.1, 0.15) is 37.4 Å². The Labute approximate surface area is 353 Å². The number of sulfonamides is 1. The van der Waals surface area contributed by atoms with Crippen molar-refractivity contribution in [1.82, 2.24) is 4.90 Å². The van der Waals surface area contributed by atoms with Gasteiger partial charge in [-0.15, -0.1) is 11.3 Å². The van der Waals surface area contributed by atoms with Gasteiger partial charge in [0.2, 0.25) is 10.0 Å². The number of carbonyl (C=O) groups excluding carboxylic acids is 2. The van der Waals surface area contributed by atoms with Crippen LogP contribution in [0.2, 0.25) is 0 Å². The zero-order chi connectivity index (χ0) is 41.3. The Morgan fingerprint density at radius 2 is 1.18 bits per heavy atom. The highest BCUT2D eigenvalue weighted by Gasteiger charge is 2.28. The molecule has 0 spiro atoms. The number of anilines is 1. The summed E-state index contributed by atoms with van der Waals surface area (Å²) in [6, 6.07) is 55.8. The summed E-state index contributed by atoms with van der Waals surface area (Å²) in [6.45, 7) is 0.168. The van der Waals surface area contributed by atoms with Gasteiger partial charge >= 0.3 is 0 Å². The third-order valence-electron chi connectivity index (χ3n) is 10.1. The molecule has 0 unspecified atom stereocenters. The topological polar surface area (TPSA) is 93.2 Å². The summed E-state index contributed by atoms with van der Waals surface area (Å²) in [4.78, 5) is 29.9. The Hall–Kier alpha value is -6.75. The number of fused-ring (bicyclic) bond motifs is 3. The number of carbonyl (C=O) groups is 2. The van der Waals surface area contributed by atoms with Crippen LogP contribution in [0.5, 0.6) is 11.5 Å². The van der Waals surface area contributed by atoms with E-state index in [1.54, 1.807) is 78.1 Å². The van der Waals surface area contributed by atoms with Crippen molar-refractivity contribution in [3.05, 3.63) is 210 Å². The first-order valence-corrected chi connectivity index (χ1v) is 22.0. The predicted octanol–water partition coefficient (Wildman–Crippen LogP) is 10.6. The molecule has 0 fully saturated rings. The number of ether oxygens (including phenoxy) is 2. The Balaban J connectivity index is 1.10. The molecule has 8 rings (SSSR count). The molecule has 0 atom stereocenters. The summed E-state index contributed by atoms with van der Waals surface area (Å²) in [7, 11) is -4.05. The largest absolute Gasteiger partial charge is 0.492 e. The Morgan fingerprint density at radius 1 is 0.567 bits per heavy atom. The van der Waals surface area contributed by atoms with Crippen LogP contribution in [0.4, 0.5) is 5.69 Å². The van der Waals surface area contributed by atoms with Crippen molar-refractivity contribution in [2.24, 2.45) is 0 Å². The number of nitrogens with zero attached hydrogens (tertiary/aromatic N) is 2. The lowest BCUT2D eigenvalue weighted by Gasteiger charge is -2.28. The minimum atomic E-state index is -4.05. The van der Waals surface area contributed by atoms with Crippen LogP contribution in [-0.4, -0.2) is 44.7 Å². The van der Waals surface area contributed by atoms with E-state index >= 15 is 0 Å². The van der Waals surface area contributed by atoms with Crippen molar-refractivity contribution in [3.63, 3.8) is 0 Å². The van der Waals surface area contributed by atoms with Gasteiger partial charge in [0.15, 0.2) is 5.78 Å². The lowest BCUT2D eigenvalue weighted by molar-refractivity contribution is 0.0686. The number of hydrogen-bond acceptors (Lipinski definition) is 7. The van der Waals surface area contributed by atoms with Gasteiger partial charge in [-0.25, -0.2) is 8.42 Å². The van der Waals surface area contributed by atoms with Crippen LogP contribution in [0.25, 0.3) is 20.2 Å². The molecule has 0 bridgehead atoms. The average Bonchev–Trinajstić information content (AvgIpc) is 3.66. The summed E-state index contributed by atoms with van der Waals surface area (Å²) in [6.07, 6.45) is 0. The van der Waals surface area contributed by atoms with Crippen LogP contribution in [0.15, 0.2) is 182 Å². The third-order valence-corrected chi connectivity index (χ3v) is 12.9. The monoisotopic (exact) mass is 830 g/mol. The quantitative estimate of drug-likeness (QED) is 0.0849. The van der Waals surface area contributed by atoms with E-state index in [1.165, 1.54) is 19.3 Å². The number of Topliss-reactive ketones (excluding diaryl/α,β-unsaturated/α-hetero) is 1. The second-order valence-corrected chi connectivity index (χ2v) is 17.3. The molecule has 300 valence electrons. The molecule has 0 N–H and O–H groups in total. The molecule has 0 aliphatic heterocycles. The second kappa shape index (κ2) is 18.4. The van der Waals surface area contributed by atoms with Gasteiger partial charge in [0.25, 0.3) is 5.91 Å². The number of benzene rings is 7. The highest BCUT2D eigenvalue weighted by atomic mass is 32.2. The fourth-order valence-corrected chi connectivity index (χ4v) is 9.73. The number of rotatable bonds is 17. The molecular formula is C50H42N2O6S2. The molecule has 0 aliphatic carbocycles. The lowest BCUT2D eigenvalue weighted by atomic mass is 10.1. The van der Waals surface area contributed by atoms with Gasteiger partial charge in [-0.3, -0.25) is 13.9 Å². The molecule has 0 aliphatic rings. The van der Waals surface area contributed by atoms with Crippen LogP contribution in [0.3, 0.4) is 0 Å². The Kier molecular flexibility index (Phi) is 12.3. The van der Waals surface area contributed by atoms with Crippen LogP contribution >= 0.6 is 11.3 Å². The lowest BCUT2D eigenvalue weighted by Crippen LogP contribution is -2.38. The van der Waals surface area contributed by atoms with Gasteiger partial charge in [-0.05, 0) is 71.3 Å². The van der Waals surface area contributed by atoms with E-state index in [0.29, 0.717) is 22.6 Å². The first-order chi connectivity index (χ1) is 29.3. The SMILES string of the molecule is O=C(CN(CCOc1ccc2c(c1)sc1ccccc12)C(=O)c1ccccc1)c1ccc(OCc2ccccc2)c(N(Cc2ccccc2)S(=O)(=O)Cc2ccccc2)c1. The van der Waals surface area contributed by atoms with Gasteiger partial charge in [0, 0.05) is 31.3 Å². The van der Waals surface area contributed by atoms with Gasteiger partial charge < -0.3 is 14.4 Å². The van der Waals surface area contributed by atoms with E-state index < -0.39 is 10.0 Å². The van der Waals surface area contributed by atoms with E-state index in [1.807, 2.05) is 103 Å².